The van der Waals surface area contributed by atoms with E-state index in [9.17, 15) is 13.2 Å². The topological polar surface area (TPSA) is 53.2 Å². The van der Waals surface area contributed by atoms with Crippen molar-refractivity contribution in [3.63, 3.8) is 0 Å². The van der Waals surface area contributed by atoms with E-state index in [1.807, 2.05) is 25.1 Å². The lowest BCUT2D eigenvalue weighted by Crippen LogP contribution is -2.48. The fourth-order valence-electron chi connectivity index (χ4n) is 4.95. The number of alkyl halides is 3. The Balaban J connectivity index is 1.77. The van der Waals surface area contributed by atoms with E-state index in [0.29, 0.717) is 31.6 Å². The molecule has 0 radical (unpaired) electrons. The highest BCUT2D eigenvalue weighted by Gasteiger charge is 2.43. The molecule has 0 saturated heterocycles. The van der Waals surface area contributed by atoms with E-state index in [4.69, 9.17) is 4.74 Å². The van der Waals surface area contributed by atoms with E-state index in [1.54, 1.807) is 6.92 Å². The quantitative estimate of drug-likeness (QED) is 0.244. The van der Waals surface area contributed by atoms with Gasteiger partial charge in [-0.1, -0.05) is 18.6 Å². The number of H-pyrrole nitrogens is 1. The van der Waals surface area contributed by atoms with Crippen LogP contribution in [0.3, 0.4) is 0 Å². The molecule has 0 saturated carbocycles. The maximum atomic E-state index is 15.9. The minimum atomic E-state index is -3.04. The zero-order valence-corrected chi connectivity index (χ0v) is 21.3. The lowest BCUT2D eigenvalue weighted by Gasteiger charge is -2.42. The summed E-state index contributed by atoms with van der Waals surface area (Å²) in [6, 6.07) is 4.27. The van der Waals surface area contributed by atoms with Gasteiger partial charge in [-0.25, -0.2) is 22.5 Å². The number of aryl methyl sites for hydroxylation is 1. The van der Waals surface area contributed by atoms with Crippen LogP contribution < -0.4 is 10.1 Å². The van der Waals surface area contributed by atoms with Crippen LogP contribution in [0, 0.1) is 18.6 Å². The lowest BCUT2D eigenvalue weighted by atomic mass is 9.87. The van der Waals surface area contributed by atoms with Gasteiger partial charge in [0, 0.05) is 35.6 Å². The van der Waals surface area contributed by atoms with Gasteiger partial charge in [0.2, 0.25) is 0 Å². The third-order valence-corrected chi connectivity index (χ3v) is 6.95. The molecule has 1 aliphatic rings. The number of benzene rings is 1. The van der Waals surface area contributed by atoms with Crippen LogP contribution in [0.2, 0.25) is 0 Å². The molecule has 0 fully saturated rings. The van der Waals surface area contributed by atoms with Crippen molar-refractivity contribution < 1.29 is 26.7 Å². The largest absolute Gasteiger partial charge is 0.474 e. The second-order valence-corrected chi connectivity index (χ2v) is 9.68. The van der Waals surface area contributed by atoms with Crippen molar-refractivity contribution >= 4 is 10.9 Å². The summed E-state index contributed by atoms with van der Waals surface area (Å²) in [5, 5.41) is 3.87. The molecule has 2 aromatic heterocycles. The standard InChI is InChI=1S/C27H33F5N4O/c1-4-27(31,32)15-36-17(3)13-19-18-12-16(2)6-7-21(18)35-24(19)25(36)22-20(29)14-34-26(23(22)30)37-11-10-33-9-5-8-28/h6-7,12,14,17,25,33,35H,4-5,8-11,13,15H2,1-3H3/t17-,25?/m1/s1. The van der Waals surface area contributed by atoms with E-state index in [-0.39, 0.29) is 12.2 Å². The van der Waals surface area contributed by atoms with Crippen LogP contribution in [0.1, 0.15) is 55.1 Å². The summed E-state index contributed by atoms with van der Waals surface area (Å²) in [6.45, 7) is 4.82. The molecule has 3 aromatic rings. The van der Waals surface area contributed by atoms with Crippen LogP contribution in [0.15, 0.2) is 24.4 Å². The molecule has 1 aliphatic heterocycles. The molecule has 5 nitrogen and oxygen atoms in total. The number of ether oxygens (including phenoxy) is 1. The molecule has 1 aromatic carbocycles. The molecule has 2 atom stereocenters. The van der Waals surface area contributed by atoms with Gasteiger partial charge in [-0.3, -0.25) is 9.29 Å². The van der Waals surface area contributed by atoms with Crippen molar-refractivity contribution in [1.82, 2.24) is 20.2 Å². The maximum Gasteiger partial charge on any atom is 0.260 e. The van der Waals surface area contributed by atoms with Gasteiger partial charge in [0.1, 0.15) is 12.4 Å². The summed E-state index contributed by atoms with van der Waals surface area (Å²) in [6.07, 6.45) is 1.27. The summed E-state index contributed by atoms with van der Waals surface area (Å²) in [7, 11) is 0. The number of hydrogen-bond acceptors (Lipinski definition) is 4. The van der Waals surface area contributed by atoms with E-state index >= 15 is 8.78 Å². The number of hydrogen-bond donors (Lipinski definition) is 2. The Hall–Kier alpha value is -2.72. The minimum Gasteiger partial charge on any atom is -0.474 e. The summed E-state index contributed by atoms with van der Waals surface area (Å²) in [5.74, 6) is -5.40. The van der Waals surface area contributed by atoms with Crippen LogP contribution in [-0.2, 0) is 6.42 Å². The second-order valence-electron chi connectivity index (χ2n) is 9.68. The molecule has 0 amide bonds. The molecule has 202 valence electrons. The van der Waals surface area contributed by atoms with Crippen LogP contribution in [0.5, 0.6) is 5.88 Å². The van der Waals surface area contributed by atoms with E-state index in [2.05, 4.69) is 15.3 Å². The van der Waals surface area contributed by atoms with Gasteiger partial charge in [-0.2, -0.15) is 0 Å². The number of rotatable bonds is 11. The molecule has 4 rings (SSSR count). The fraction of sp³-hybridized carbons (Fsp3) is 0.519. The molecular weight excluding hydrogens is 491 g/mol. The van der Waals surface area contributed by atoms with Gasteiger partial charge in [0.15, 0.2) is 5.82 Å². The first-order valence-corrected chi connectivity index (χ1v) is 12.6. The number of nitrogens with zero attached hydrogens (tertiary/aromatic N) is 2. The highest BCUT2D eigenvalue weighted by Crippen LogP contribution is 2.44. The van der Waals surface area contributed by atoms with Crippen LogP contribution in [0.4, 0.5) is 22.0 Å². The number of pyridine rings is 1. The SMILES string of the molecule is CCC(F)(F)CN1C(c2c(F)cnc(OCCNCCCF)c2F)c2[nH]c3ccc(C)cc3c2C[C@H]1C. The van der Waals surface area contributed by atoms with E-state index in [1.165, 1.54) is 11.8 Å². The van der Waals surface area contributed by atoms with E-state index in [0.717, 1.165) is 28.2 Å². The smallest absolute Gasteiger partial charge is 0.260 e. The van der Waals surface area contributed by atoms with Crippen molar-refractivity contribution in [2.24, 2.45) is 0 Å². The van der Waals surface area contributed by atoms with Gasteiger partial charge in [0.25, 0.3) is 11.8 Å². The van der Waals surface area contributed by atoms with Crippen molar-refractivity contribution in [3.8, 4) is 5.88 Å². The van der Waals surface area contributed by atoms with Crippen molar-refractivity contribution in [2.45, 2.75) is 58.0 Å². The molecule has 0 bridgehead atoms. The normalized spacial score (nSPS) is 18.4. The Bertz CT molecular complexity index is 1230. The third-order valence-electron chi connectivity index (χ3n) is 6.95. The molecule has 0 aliphatic carbocycles. The predicted molar refractivity (Wildman–Crippen MR) is 133 cm³/mol. The first kappa shape index (κ1) is 27.3. The number of fused-ring (bicyclic) bond motifs is 3. The number of aromatic nitrogens is 2. The minimum absolute atomic E-state index is 0.0247. The van der Waals surface area contributed by atoms with Crippen LogP contribution >= 0.6 is 0 Å². The van der Waals surface area contributed by atoms with Gasteiger partial charge in [0.05, 0.1) is 31.0 Å². The van der Waals surface area contributed by atoms with Gasteiger partial charge in [-0.15, -0.1) is 0 Å². The molecular formula is C27H33F5N4O. The van der Waals surface area contributed by atoms with E-state index < -0.39 is 55.2 Å². The van der Waals surface area contributed by atoms with Crippen molar-refractivity contribution in [2.75, 3.05) is 32.9 Å². The zero-order valence-electron chi connectivity index (χ0n) is 21.3. The number of halogens is 5. The Morgan fingerprint density at radius 3 is 2.76 bits per heavy atom. The van der Waals surface area contributed by atoms with Gasteiger partial charge in [-0.05, 0) is 50.9 Å². The van der Waals surface area contributed by atoms with Gasteiger partial charge < -0.3 is 15.0 Å². The zero-order chi connectivity index (χ0) is 26.7. The molecule has 3 heterocycles. The Kier molecular flexibility index (Phi) is 8.38. The molecule has 1 unspecified atom stereocenters. The summed E-state index contributed by atoms with van der Waals surface area (Å²) < 4.78 is 78.3. The average Bonchev–Trinajstić information content (AvgIpc) is 3.21. The van der Waals surface area contributed by atoms with Crippen molar-refractivity contribution in [1.29, 1.82) is 0 Å². The first-order chi connectivity index (χ1) is 17.7. The number of aromatic amines is 1. The maximum absolute atomic E-state index is 15.9. The highest BCUT2D eigenvalue weighted by atomic mass is 19.3. The Morgan fingerprint density at radius 2 is 2.03 bits per heavy atom. The predicted octanol–water partition coefficient (Wildman–Crippen LogP) is 5.86. The Morgan fingerprint density at radius 1 is 1.24 bits per heavy atom. The summed E-state index contributed by atoms with van der Waals surface area (Å²) >= 11 is 0. The molecule has 0 spiro atoms. The second kappa shape index (κ2) is 11.3. The number of nitrogens with one attached hydrogen (secondary N) is 2. The molecule has 37 heavy (non-hydrogen) atoms. The average molecular weight is 525 g/mol. The van der Waals surface area contributed by atoms with Crippen molar-refractivity contribution in [3.05, 3.63) is 58.4 Å². The molecule has 2 N–H and O–H groups in total. The fourth-order valence-corrected chi connectivity index (χ4v) is 4.95. The monoisotopic (exact) mass is 524 g/mol. The Labute approximate surface area is 213 Å². The molecule has 10 heteroatoms. The van der Waals surface area contributed by atoms with Crippen LogP contribution in [-0.4, -0.2) is 59.7 Å². The highest BCUT2D eigenvalue weighted by molar-refractivity contribution is 5.86. The summed E-state index contributed by atoms with van der Waals surface area (Å²) in [4.78, 5) is 8.52. The first-order valence-electron chi connectivity index (χ1n) is 12.6. The van der Waals surface area contributed by atoms with Crippen LogP contribution in [0.25, 0.3) is 10.9 Å². The van der Waals surface area contributed by atoms with Gasteiger partial charge >= 0.3 is 0 Å². The summed E-state index contributed by atoms with van der Waals surface area (Å²) in [5.41, 5.74) is 2.78. The third kappa shape index (κ3) is 5.75. The lowest BCUT2D eigenvalue weighted by molar-refractivity contribution is -0.0551.